The first kappa shape index (κ1) is 17.8. The minimum atomic E-state index is -0.668. The number of amides is 1. The summed E-state index contributed by atoms with van der Waals surface area (Å²) in [5.41, 5.74) is 5.32. The molecule has 0 bridgehead atoms. The number of halogens is 3. The van der Waals surface area contributed by atoms with Crippen LogP contribution >= 0.6 is 12.4 Å². The Morgan fingerprint density at radius 2 is 2.00 bits per heavy atom. The maximum absolute atomic E-state index is 13.5. The van der Waals surface area contributed by atoms with E-state index in [0.29, 0.717) is 26.1 Å². The third-order valence-corrected chi connectivity index (χ3v) is 3.78. The summed E-state index contributed by atoms with van der Waals surface area (Å²) in [7, 11) is 0. The van der Waals surface area contributed by atoms with E-state index in [1.54, 1.807) is 0 Å². The molecule has 4 nitrogen and oxygen atoms in total. The van der Waals surface area contributed by atoms with Crippen LogP contribution in [0.2, 0.25) is 0 Å². The Morgan fingerprint density at radius 1 is 1.33 bits per heavy atom. The van der Waals surface area contributed by atoms with Crippen LogP contribution in [-0.4, -0.2) is 25.7 Å². The molecule has 1 aromatic carbocycles. The molecular weight excluding hydrogens is 302 g/mol. The van der Waals surface area contributed by atoms with Gasteiger partial charge in [-0.15, -0.1) is 12.4 Å². The zero-order valence-electron chi connectivity index (χ0n) is 11.5. The number of nitrogens with one attached hydrogen (secondary N) is 1. The molecule has 1 aliphatic rings. The van der Waals surface area contributed by atoms with Crippen LogP contribution in [0.1, 0.15) is 18.4 Å². The molecule has 0 spiro atoms. The third-order valence-electron chi connectivity index (χ3n) is 3.78. The number of carbonyl (C=O) groups excluding carboxylic acids is 1. The van der Waals surface area contributed by atoms with Crippen molar-refractivity contribution < 1.29 is 18.3 Å². The predicted octanol–water partition coefficient (Wildman–Crippen LogP) is 1.76. The lowest BCUT2D eigenvalue weighted by Crippen LogP contribution is -2.49. The average Bonchev–Trinajstić information content (AvgIpc) is 2.46. The zero-order chi connectivity index (χ0) is 14.6. The SMILES string of the molecule is Cl.NCC1(C(=O)NCc2ccc(F)cc2F)CCOCC1. The lowest BCUT2D eigenvalue weighted by Gasteiger charge is -2.34. The second kappa shape index (κ2) is 7.68. The largest absolute Gasteiger partial charge is 0.381 e. The highest BCUT2D eigenvalue weighted by Gasteiger charge is 2.38. The first-order chi connectivity index (χ1) is 9.57. The summed E-state index contributed by atoms with van der Waals surface area (Å²) in [6.45, 7) is 1.24. The van der Waals surface area contributed by atoms with Crippen molar-refractivity contribution in [1.29, 1.82) is 0 Å². The molecule has 1 aromatic rings. The van der Waals surface area contributed by atoms with Gasteiger partial charge in [-0.25, -0.2) is 8.78 Å². The molecule has 3 N–H and O–H groups in total. The van der Waals surface area contributed by atoms with E-state index in [4.69, 9.17) is 10.5 Å². The molecule has 0 atom stereocenters. The first-order valence-corrected chi connectivity index (χ1v) is 6.57. The highest BCUT2D eigenvalue weighted by Crippen LogP contribution is 2.29. The van der Waals surface area contributed by atoms with E-state index >= 15 is 0 Å². The van der Waals surface area contributed by atoms with Gasteiger partial charge in [0.15, 0.2) is 0 Å². The van der Waals surface area contributed by atoms with Gasteiger partial charge >= 0.3 is 0 Å². The standard InChI is InChI=1S/C14H18F2N2O2.ClH/c15-11-2-1-10(12(16)7-11)8-18-13(19)14(9-17)3-5-20-6-4-14;/h1-2,7H,3-6,8-9,17H2,(H,18,19);1H. The quantitative estimate of drug-likeness (QED) is 0.888. The van der Waals surface area contributed by atoms with Gasteiger partial charge in [-0.2, -0.15) is 0 Å². The molecule has 1 fully saturated rings. The number of rotatable bonds is 4. The Morgan fingerprint density at radius 3 is 2.57 bits per heavy atom. The van der Waals surface area contributed by atoms with Crippen molar-refractivity contribution in [3.8, 4) is 0 Å². The number of ether oxygens (including phenoxy) is 1. The van der Waals surface area contributed by atoms with E-state index in [0.717, 1.165) is 12.1 Å². The van der Waals surface area contributed by atoms with Crippen LogP contribution in [0.25, 0.3) is 0 Å². The van der Waals surface area contributed by atoms with Crippen molar-refractivity contribution in [2.75, 3.05) is 19.8 Å². The Labute approximate surface area is 128 Å². The molecule has 0 aliphatic carbocycles. The lowest BCUT2D eigenvalue weighted by atomic mass is 9.79. The fraction of sp³-hybridized carbons (Fsp3) is 0.500. The molecule has 118 valence electrons. The number of hydrogen-bond acceptors (Lipinski definition) is 3. The van der Waals surface area contributed by atoms with Crippen molar-refractivity contribution in [3.63, 3.8) is 0 Å². The second-order valence-corrected chi connectivity index (χ2v) is 5.02. The second-order valence-electron chi connectivity index (χ2n) is 5.02. The summed E-state index contributed by atoms with van der Waals surface area (Å²) in [6.07, 6.45) is 1.11. The van der Waals surface area contributed by atoms with Crippen molar-refractivity contribution in [3.05, 3.63) is 35.4 Å². The van der Waals surface area contributed by atoms with Crippen LogP contribution in [0.3, 0.4) is 0 Å². The van der Waals surface area contributed by atoms with Gasteiger partial charge in [-0.05, 0) is 18.9 Å². The molecule has 0 aromatic heterocycles. The van der Waals surface area contributed by atoms with Crippen molar-refractivity contribution in [1.82, 2.24) is 5.32 Å². The van der Waals surface area contributed by atoms with Crippen LogP contribution in [0.4, 0.5) is 8.78 Å². The molecule has 1 heterocycles. The smallest absolute Gasteiger partial charge is 0.227 e. The van der Waals surface area contributed by atoms with Gasteiger partial charge in [-0.3, -0.25) is 4.79 Å². The van der Waals surface area contributed by atoms with Gasteiger partial charge in [0, 0.05) is 37.9 Å². The molecule has 0 radical (unpaired) electrons. The average molecular weight is 321 g/mol. The highest BCUT2D eigenvalue weighted by atomic mass is 35.5. The van der Waals surface area contributed by atoms with E-state index in [1.165, 1.54) is 6.07 Å². The molecule has 0 saturated carbocycles. The van der Waals surface area contributed by atoms with E-state index in [-0.39, 0.29) is 37.0 Å². The van der Waals surface area contributed by atoms with E-state index in [1.807, 2.05) is 0 Å². The van der Waals surface area contributed by atoms with Gasteiger partial charge in [-0.1, -0.05) is 6.07 Å². The Hall–Kier alpha value is -1.24. The number of nitrogens with two attached hydrogens (primary N) is 1. The first-order valence-electron chi connectivity index (χ1n) is 6.57. The Bertz CT molecular complexity index is 494. The van der Waals surface area contributed by atoms with Crippen molar-refractivity contribution in [2.45, 2.75) is 19.4 Å². The number of benzene rings is 1. The topological polar surface area (TPSA) is 64.4 Å². The maximum atomic E-state index is 13.5. The van der Waals surface area contributed by atoms with Crippen molar-refractivity contribution >= 4 is 18.3 Å². The molecule has 1 amide bonds. The van der Waals surface area contributed by atoms with Gasteiger partial charge in [0.1, 0.15) is 11.6 Å². The maximum Gasteiger partial charge on any atom is 0.227 e. The fourth-order valence-corrected chi connectivity index (χ4v) is 2.31. The zero-order valence-corrected chi connectivity index (χ0v) is 12.3. The van der Waals surface area contributed by atoms with Gasteiger partial charge < -0.3 is 15.8 Å². The number of hydrogen-bond donors (Lipinski definition) is 2. The molecule has 2 rings (SSSR count). The van der Waals surface area contributed by atoms with Crippen LogP contribution in [0.5, 0.6) is 0 Å². The number of carbonyl (C=O) groups is 1. The summed E-state index contributed by atoms with van der Waals surface area (Å²) < 4.78 is 31.5. The van der Waals surface area contributed by atoms with E-state index < -0.39 is 17.0 Å². The normalized spacial score (nSPS) is 16.9. The summed E-state index contributed by atoms with van der Waals surface area (Å²) in [5.74, 6) is -1.51. The third kappa shape index (κ3) is 4.12. The van der Waals surface area contributed by atoms with Crippen LogP contribution in [0.15, 0.2) is 18.2 Å². The summed E-state index contributed by atoms with van der Waals surface area (Å²) >= 11 is 0. The molecule has 1 saturated heterocycles. The molecule has 21 heavy (non-hydrogen) atoms. The predicted molar refractivity (Wildman–Crippen MR) is 77.0 cm³/mol. The molecule has 0 unspecified atom stereocenters. The van der Waals surface area contributed by atoms with Crippen LogP contribution in [0, 0.1) is 17.0 Å². The van der Waals surface area contributed by atoms with Crippen molar-refractivity contribution in [2.24, 2.45) is 11.1 Å². The molecular formula is C14H19ClF2N2O2. The Kier molecular flexibility index (Phi) is 6.51. The summed E-state index contributed by atoms with van der Waals surface area (Å²) in [4.78, 5) is 12.3. The van der Waals surface area contributed by atoms with Gasteiger partial charge in [0.25, 0.3) is 0 Å². The monoisotopic (exact) mass is 320 g/mol. The van der Waals surface area contributed by atoms with Crippen LogP contribution in [-0.2, 0) is 16.1 Å². The fourth-order valence-electron chi connectivity index (χ4n) is 2.31. The highest BCUT2D eigenvalue weighted by molar-refractivity contribution is 5.85. The summed E-state index contributed by atoms with van der Waals surface area (Å²) in [6, 6.07) is 3.29. The van der Waals surface area contributed by atoms with E-state index in [9.17, 15) is 13.6 Å². The van der Waals surface area contributed by atoms with Gasteiger partial charge in [0.2, 0.25) is 5.91 Å². The van der Waals surface area contributed by atoms with Crippen LogP contribution < -0.4 is 11.1 Å². The molecule has 1 aliphatic heterocycles. The van der Waals surface area contributed by atoms with Gasteiger partial charge in [0.05, 0.1) is 5.41 Å². The molecule has 7 heteroatoms. The van der Waals surface area contributed by atoms with E-state index in [2.05, 4.69) is 5.32 Å². The minimum absolute atomic E-state index is 0. The lowest BCUT2D eigenvalue weighted by molar-refractivity contribution is -0.136. The minimum Gasteiger partial charge on any atom is -0.381 e. The summed E-state index contributed by atoms with van der Waals surface area (Å²) in [5, 5.41) is 2.68. The Balaban J connectivity index is 0.00000220.